The van der Waals surface area contributed by atoms with E-state index in [4.69, 9.17) is 4.74 Å². The van der Waals surface area contributed by atoms with Gasteiger partial charge in [-0.25, -0.2) is 4.68 Å². The molecule has 0 amide bonds. The van der Waals surface area contributed by atoms with Crippen LogP contribution in [0.2, 0.25) is 0 Å². The van der Waals surface area contributed by atoms with Gasteiger partial charge < -0.3 is 10.1 Å². The Balaban J connectivity index is 2.29. The molecule has 90 valence electrons. The van der Waals surface area contributed by atoms with E-state index in [9.17, 15) is 0 Å². The number of hydrogen-bond donors (Lipinski definition) is 1. The topological polar surface area (TPSA) is 39.1 Å². The first-order valence-electron chi connectivity index (χ1n) is 5.27. The van der Waals surface area contributed by atoms with Crippen molar-refractivity contribution in [2.45, 2.75) is 6.54 Å². The zero-order valence-corrected chi connectivity index (χ0v) is 11.4. The fourth-order valence-electron chi connectivity index (χ4n) is 1.54. The number of ether oxygens (including phenoxy) is 1. The number of halogens is 1. The average Bonchev–Trinajstić information content (AvgIpc) is 2.72. The van der Waals surface area contributed by atoms with Crippen molar-refractivity contribution < 1.29 is 4.74 Å². The first-order chi connectivity index (χ1) is 8.24. The van der Waals surface area contributed by atoms with Crippen LogP contribution < -0.4 is 10.1 Å². The van der Waals surface area contributed by atoms with Crippen LogP contribution in [0.4, 0.5) is 0 Å². The Hall–Kier alpha value is -1.33. The molecule has 1 aromatic carbocycles. The third kappa shape index (κ3) is 2.68. The van der Waals surface area contributed by atoms with Crippen molar-refractivity contribution in [3.8, 4) is 11.4 Å². The minimum absolute atomic E-state index is 0.740. The summed E-state index contributed by atoms with van der Waals surface area (Å²) >= 11 is 3.50. The maximum absolute atomic E-state index is 5.12. The van der Waals surface area contributed by atoms with E-state index in [1.807, 2.05) is 42.2 Å². The number of benzene rings is 1. The molecule has 0 aliphatic carbocycles. The van der Waals surface area contributed by atoms with Gasteiger partial charge >= 0.3 is 0 Å². The third-order valence-corrected chi connectivity index (χ3v) is 3.08. The van der Waals surface area contributed by atoms with Crippen LogP contribution in [-0.2, 0) is 6.54 Å². The van der Waals surface area contributed by atoms with Crippen LogP contribution in [0.25, 0.3) is 5.69 Å². The second kappa shape index (κ2) is 5.33. The predicted octanol–water partition coefficient (Wildman–Crippen LogP) is 2.36. The van der Waals surface area contributed by atoms with E-state index in [2.05, 4.69) is 26.3 Å². The molecule has 2 aromatic rings. The summed E-state index contributed by atoms with van der Waals surface area (Å²) in [6, 6.07) is 7.79. The van der Waals surface area contributed by atoms with Crippen molar-refractivity contribution in [1.29, 1.82) is 0 Å². The summed E-state index contributed by atoms with van der Waals surface area (Å²) in [6.07, 6.45) is 1.95. The molecular weight excluding hydrogens is 282 g/mol. The molecule has 5 heteroatoms. The van der Waals surface area contributed by atoms with Gasteiger partial charge in [0.05, 0.1) is 23.0 Å². The Kier molecular flexibility index (Phi) is 3.81. The number of nitrogens with zero attached hydrogens (tertiary/aromatic N) is 2. The standard InChI is InChI=1S/C12H14BrN3O/c1-14-7-12-11(13)8-16(15-12)9-3-5-10(17-2)6-4-9/h3-6,8,14H,7H2,1-2H3. The number of methoxy groups -OCH3 is 1. The van der Waals surface area contributed by atoms with Crippen molar-refractivity contribution in [1.82, 2.24) is 15.1 Å². The van der Waals surface area contributed by atoms with Crippen molar-refractivity contribution in [2.24, 2.45) is 0 Å². The highest BCUT2D eigenvalue weighted by Gasteiger charge is 2.06. The Labute approximate surface area is 109 Å². The minimum atomic E-state index is 0.740. The Morgan fingerprint density at radius 3 is 2.65 bits per heavy atom. The molecule has 1 aromatic heterocycles. The maximum atomic E-state index is 5.12. The smallest absolute Gasteiger partial charge is 0.119 e. The fourth-order valence-corrected chi connectivity index (χ4v) is 1.96. The van der Waals surface area contributed by atoms with E-state index in [1.165, 1.54) is 0 Å². The molecular formula is C12H14BrN3O. The lowest BCUT2D eigenvalue weighted by molar-refractivity contribution is 0.414. The summed E-state index contributed by atoms with van der Waals surface area (Å²) in [5.74, 6) is 0.843. The highest BCUT2D eigenvalue weighted by molar-refractivity contribution is 9.10. The highest BCUT2D eigenvalue weighted by Crippen LogP contribution is 2.19. The van der Waals surface area contributed by atoms with Crippen molar-refractivity contribution in [3.05, 3.63) is 40.6 Å². The molecule has 2 rings (SSSR count). The largest absolute Gasteiger partial charge is 0.497 e. The summed E-state index contributed by atoms with van der Waals surface area (Å²) in [6.45, 7) is 0.740. The van der Waals surface area contributed by atoms with Gasteiger partial charge in [0, 0.05) is 12.7 Å². The minimum Gasteiger partial charge on any atom is -0.497 e. The normalized spacial score (nSPS) is 10.5. The van der Waals surface area contributed by atoms with Crippen molar-refractivity contribution in [3.63, 3.8) is 0 Å². The number of aromatic nitrogens is 2. The molecule has 0 spiro atoms. The van der Waals surface area contributed by atoms with Gasteiger partial charge in [-0.15, -0.1) is 0 Å². The summed E-state index contributed by atoms with van der Waals surface area (Å²) < 4.78 is 7.97. The molecule has 0 saturated carbocycles. The van der Waals surface area contributed by atoms with Gasteiger partial charge in [-0.1, -0.05) is 0 Å². The molecule has 0 aliphatic heterocycles. The molecule has 0 fully saturated rings. The molecule has 1 heterocycles. The van der Waals surface area contributed by atoms with E-state index in [0.717, 1.165) is 28.1 Å². The van der Waals surface area contributed by atoms with E-state index >= 15 is 0 Å². The summed E-state index contributed by atoms with van der Waals surface area (Å²) in [4.78, 5) is 0. The van der Waals surface area contributed by atoms with Gasteiger partial charge in [0.2, 0.25) is 0 Å². The second-order valence-corrected chi connectivity index (χ2v) is 4.45. The zero-order valence-electron chi connectivity index (χ0n) is 9.77. The Morgan fingerprint density at radius 2 is 2.06 bits per heavy atom. The lowest BCUT2D eigenvalue weighted by atomic mass is 10.3. The lowest BCUT2D eigenvalue weighted by Gasteiger charge is -2.03. The number of rotatable bonds is 4. The first-order valence-corrected chi connectivity index (χ1v) is 6.07. The second-order valence-electron chi connectivity index (χ2n) is 3.60. The molecule has 0 bridgehead atoms. The van der Waals surface area contributed by atoms with Gasteiger partial charge in [-0.2, -0.15) is 5.10 Å². The van der Waals surface area contributed by atoms with E-state index < -0.39 is 0 Å². The van der Waals surface area contributed by atoms with Crippen LogP contribution in [-0.4, -0.2) is 23.9 Å². The predicted molar refractivity (Wildman–Crippen MR) is 70.6 cm³/mol. The highest BCUT2D eigenvalue weighted by atomic mass is 79.9. The summed E-state index contributed by atoms with van der Waals surface area (Å²) in [7, 11) is 3.56. The first kappa shape index (κ1) is 12.1. The summed E-state index contributed by atoms with van der Waals surface area (Å²) in [5.41, 5.74) is 2.00. The SMILES string of the molecule is CNCc1nn(-c2ccc(OC)cc2)cc1Br. The van der Waals surface area contributed by atoms with Gasteiger partial charge in [0.25, 0.3) is 0 Å². The average molecular weight is 296 g/mol. The molecule has 0 unspecified atom stereocenters. The Bertz CT molecular complexity index is 493. The van der Waals surface area contributed by atoms with E-state index in [0.29, 0.717) is 0 Å². The summed E-state index contributed by atoms with van der Waals surface area (Å²) in [5, 5.41) is 7.57. The fraction of sp³-hybridized carbons (Fsp3) is 0.250. The molecule has 0 saturated heterocycles. The van der Waals surface area contributed by atoms with Crippen molar-refractivity contribution >= 4 is 15.9 Å². The van der Waals surface area contributed by atoms with Gasteiger partial charge in [-0.05, 0) is 47.2 Å². The molecule has 1 N–H and O–H groups in total. The molecule has 0 radical (unpaired) electrons. The molecule has 4 nitrogen and oxygen atoms in total. The van der Waals surface area contributed by atoms with Crippen LogP contribution >= 0.6 is 15.9 Å². The molecule has 17 heavy (non-hydrogen) atoms. The van der Waals surface area contributed by atoms with Crippen LogP contribution in [0.15, 0.2) is 34.9 Å². The van der Waals surface area contributed by atoms with Crippen LogP contribution in [0.5, 0.6) is 5.75 Å². The van der Waals surface area contributed by atoms with Crippen molar-refractivity contribution in [2.75, 3.05) is 14.2 Å². The van der Waals surface area contributed by atoms with Gasteiger partial charge in [-0.3, -0.25) is 0 Å². The zero-order chi connectivity index (χ0) is 12.3. The van der Waals surface area contributed by atoms with E-state index in [-0.39, 0.29) is 0 Å². The maximum Gasteiger partial charge on any atom is 0.119 e. The van der Waals surface area contributed by atoms with Gasteiger partial charge in [0.1, 0.15) is 5.75 Å². The Morgan fingerprint density at radius 1 is 1.35 bits per heavy atom. The van der Waals surface area contributed by atoms with Crippen LogP contribution in [0, 0.1) is 0 Å². The van der Waals surface area contributed by atoms with Gasteiger partial charge in [0.15, 0.2) is 0 Å². The third-order valence-electron chi connectivity index (χ3n) is 2.42. The molecule has 0 atom stereocenters. The number of hydrogen-bond acceptors (Lipinski definition) is 3. The quantitative estimate of drug-likeness (QED) is 0.941. The number of nitrogens with one attached hydrogen (secondary N) is 1. The van der Waals surface area contributed by atoms with E-state index in [1.54, 1.807) is 7.11 Å². The monoisotopic (exact) mass is 295 g/mol. The lowest BCUT2D eigenvalue weighted by Crippen LogP contribution is -2.06. The van der Waals surface area contributed by atoms with Crippen LogP contribution in [0.3, 0.4) is 0 Å². The molecule has 0 aliphatic rings. The van der Waals surface area contributed by atoms with Crippen LogP contribution in [0.1, 0.15) is 5.69 Å².